The molecule has 3 N–H and O–H groups in total. The lowest BCUT2D eigenvalue weighted by atomic mass is 9.98. The molecule has 0 spiro atoms. The van der Waals surface area contributed by atoms with Crippen molar-refractivity contribution in [2.75, 3.05) is 6.54 Å². The number of carboxylic acids is 1. The molecule has 0 aromatic heterocycles. The standard InChI is InChI=1S/C22H21BrF2NO7PS/c23-20-12-16(8-11-19(20)22(24,25)34(29,30)31)14-26(35(32,33)18-4-2-1-3-5-18)13-15-6-9-17(10-7-15)21(27)28/h1-6,8-9,11-12H,7,10,13-14H2,(H,27,28)(H2,29,30,31). The van der Waals surface area contributed by atoms with Crippen LogP contribution in [0.2, 0.25) is 0 Å². The summed E-state index contributed by atoms with van der Waals surface area (Å²) in [4.78, 5) is 29.2. The molecule has 1 aliphatic carbocycles. The minimum atomic E-state index is -5.79. The first-order chi connectivity index (χ1) is 16.2. The van der Waals surface area contributed by atoms with Gasteiger partial charge in [-0.2, -0.15) is 13.1 Å². The van der Waals surface area contributed by atoms with Gasteiger partial charge in [0.25, 0.3) is 0 Å². The molecule has 1 aliphatic rings. The number of halogens is 3. The van der Waals surface area contributed by atoms with Gasteiger partial charge in [-0.25, -0.2) is 13.2 Å². The minimum Gasteiger partial charge on any atom is -0.478 e. The average Bonchev–Trinajstić information content (AvgIpc) is 2.78. The summed E-state index contributed by atoms with van der Waals surface area (Å²) < 4.78 is 67.2. The highest BCUT2D eigenvalue weighted by Gasteiger charge is 2.51. The molecule has 3 rings (SSSR count). The van der Waals surface area contributed by atoms with Crippen LogP contribution in [0, 0.1) is 0 Å². The van der Waals surface area contributed by atoms with E-state index in [0.29, 0.717) is 17.6 Å². The van der Waals surface area contributed by atoms with Gasteiger partial charge in [0, 0.05) is 28.7 Å². The topological polar surface area (TPSA) is 132 Å². The molecule has 2 aromatic carbocycles. The first-order valence-corrected chi connectivity index (χ1v) is 14.0. The predicted octanol–water partition coefficient (Wildman–Crippen LogP) is 4.60. The molecule has 2 aromatic rings. The minimum absolute atomic E-state index is 0.0156. The summed E-state index contributed by atoms with van der Waals surface area (Å²) in [6.45, 7) is -0.303. The van der Waals surface area contributed by atoms with Crippen LogP contribution in [0.4, 0.5) is 8.78 Å². The van der Waals surface area contributed by atoms with Crippen molar-refractivity contribution in [3.63, 3.8) is 0 Å². The first-order valence-electron chi connectivity index (χ1n) is 10.1. The van der Waals surface area contributed by atoms with Gasteiger partial charge >= 0.3 is 19.2 Å². The summed E-state index contributed by atoms with van der Waals surface area (Å²) in [5.74, 6) is -1.05. The van der Waals surface area contributed by atoms with Gasteiger partial charge in [0.15, 0.2) is 0 Å². The summed E-state index contributed by atoms with van der Waals surface area (Å²) >= 11 is 2.91. The Kier molecular flexibility index (Phi) is 8.15. The van der Waals surface area contributed by atoms with E-state index in [1.165, 1.54) is 30.3 Å². The summed E-state index contributed by atoms with van der Waals surface area (Å²) in [5.41, 5.74) is -4.19. The lowest BCUT2D eigenvalue weighted by Crippen LogP contribution is -2.33. The molecule has 0 bridgehead atoms. The van der Waals surface area contributed by atoms with Crippen molar-refractivity contribution in [2.45, 2.75) is 29.9 Å². The number of rotatable bonds is 9. The van der Waals surface area contributed by atoms with Crippen LogP contribution in [0.3, 0.4) is 0 Å². The summed E-state index contributed by atoms with van der Waals surface area (Å²) in [6.07, 6.45) is 3.54. The van der Waals surface area contributed by atoms with E-state index >= 15 is 0 Å². The van der Waals surface area contributed by atoms with Crippen LogP contribution >= 0.6 is 23.5 Å². The Morgan fingerprint density at radius 2 is 1.71 bits per heavy atom. The zero-order valence-corrected chi connectivity index (χ0v) is 21.3. The second kappa shape index (κ2) is 10.4. The maximum atomic E-state index is 14.2. The van der Waals surface area contributed by atoms with Gasteiger partial charge in [-0.15, -0.1) is 0 Å². The Morgan fingerprint density at radius 1 is 1.06 bits per heavy atom. The maximum absolute atomic E-state index is 14.2. The SMILES string of the molecule is O=C(O)C1=CC=C(CN(Cc2ccc(C(F)(F)P(=O)(O)O)c(Br)c2)S(=O)(=O)c2ccccc2)CC1. The number of allylic oxidation sites excluding steroid dienone is 2. The molecule has 0 unspecified atom stereocenters. The Labute approximate surface area is 208 Å². The van der Waals surface area contributed by atoms with E-state index in [0.717, 1.165) is 10.4 Å². The van der Waals surface area contributed by atoms with Gasteiger partial charge < -0.3 is 14.9 Å². The fourth-order valence-electron chi connectivity index (χ4n) is 3.45. The van der Waals surface area contributed by atoms with Gasteiger partial charge in [-0.1, -0.05) is 64.0 Å². The molecule has 0 saturated carbocycles. The molecule has 0 saturated heterocycles. The highest BCUT2D eigenvalue weighted by molar-refractivity contribution is 9.10. The Balaban J connectivity index is 1.97. The molecule has 35 heavy (non-hydrogen) atoms. The van der Waals surface area contributed by atoms with E-state index in [4.69, 9.17) is 14.9 Å². The van der Waals surface area contributed by atoms with Crippen molar-refractivity contribution < 1.29 is 41.5 Å². The zero-order valence-electron chi connectivity index (χ0n) is 18.0. The number of carboxylic acid groups (broad SMARTS) is 1. The fourth-order valence-corrected chi connectivity index (χ4v) is 6.24. The van der Waals surface area contributed by atoms with Gasteiger partial charge in [-0.3, -0.25) is 4.57 Å². The second-order valence-electron chi connectivity index (χ2n) is 7.81. The number of benzene rings is 2. The number of sulfonamides is 1. The van der Waals surface area contributed by atoms with E-state index in [1.807, 2.05) is 0 Å². The molecular weight excluding hydrogens is 571 g/mol. The number of hydrogen-bond donors (Lipinski definition) is 3. The number of carbonyl (C=O) groups is 1. The van der Waals surface area contributed by atoms with E-state index in [-0.39, 0.29) is 34.5 Å². The molecule has 188 valence electrons. The van der Waals surface area contributed by atoms with Gasteiger partial charge in [-0.05, 0) is 36.6 Å². The van der Waals surface area contributed by atoms with Crippen molar-refractivity contribution in [3.05, 3.63) is 87.4 Å². The summed E-state index contributed by atoms with van der Waals surface area (Å²) in [7, 11) is -9.82. The van der Waals surface area contributed by atoms with E-state index in [9.17, 15) is 26.6 Å². The van der Waals surface area contributed by atoms with Crippen molar-refractivity contribution in [1.82, 2.24) is 4.31 Å². The average molecular weight is 592 g/mol. The molecule has 8 nitrogen and oxygen atoms in total. The highest BCUT2D eigenvalue weighted by atomic mass is 79.9. The number of aliphatic carboxylic acids is 1. The quantitative estimate of drug-likeness (QED) is 0.363. The van der Waals surface area contributed by atoms with Crippen LogP contribution in [-0.4, -0.2) is 40.1 Å². The molecule has 0 aliphatic heterocycles. The Morgan fingerprint density at radius 3 is 2.23 bits per heavy atom. The molecule has 0 fully saturated rings. The highest BCUT2D eigenvalue weighted by Crippen LogP contribution is 2.60. The van der Waals surface area contributed by atoms with Gasteiger partial charge in [0.2, 0.25) is 10.0 Å². The largest absolute Gasteiger partial charge is 0.478 e. The summed E-state index contributed by atoms with van der Waals surface area (Å²) in [6, 6.07) is 10.8. The van der Waals surface area contributed by atoms with Crippen molar-refractivity contribution in [3.8, 4) is 0 Å². The lowest BCUT2D eigenvalue weighted by Gasteiger charge is -2.25. The van der Waals surface area contributed by atoms with Crippen LogP contribution in [0.25, 0.3) is 0 Å². The lowest BCUT2D eigenvalue weighted by molar-refractivity contribution is -0.132. The zero-order chi connectivity index (χ0) is 26.0. The number of hydrogen-bond acceptors (Lipinski definition) is 4. The first kappa shape index (κ1) is 27.4. The van der Waals surface area contributed by atoms with Crippen molar-refractivity contribution in [1.29, 1.82) is 0 Å². The molecule has 0 heterocycles. The Bertz CT molecular complexity index is 1340. The molecule has 0 amide bonds. The molecular formula is C22H21BrF2NO7PS. The van der Waals surface area contributed by atoms with Gasteiger partial charge in [0.1, 0.15) is 0 Å². The normalized spacial score (nSPS) is 15.0. The number of nitrogens with zero attached hydrogens (tertiary/aromatic N) is 1. The van der Waals surface area contributed by atoms with Crippen molar-refractivity contribution >= 4 is 39.5 Å². The van der Waals surface area contributed by atoms with E-state index in [1.54, 1.807) is 24.3 Å². The van der Waals surface area contributed by atoms with Gasteiger partial charge in [0.05, 0.1) is 4.90 Å². The third-order valence-corrected chi connectivity index (χ3v) is 8.79. The maximum Gasteiger partial charge on any atom is 0.399 e. The fraction of sp³-hybridized carbons (Fsp3) is 0.227. The van der Waals surface area contributed by atoms with Crippen molar-refractivity contribution in [2.24, 2.45) is 0 Å². The van der Waals surface area contributed by atoms with E-state index in [2.05, 4.69) is 15.9 Å². The smallest absolute Gasteiger partial charge is 0.399 e. The Hall–Kier alpha value is -2.21. The third-order valence-electron chi connectivity index (χ3n) is 5.35. The van der Waals surface area contributed by atoms with Crippen LogP contribution in [-0.2, 0) is 31.6 Å². The van der Waals surface area contributed by atoms with E-state index < -0.39 is 34.8 Å². The van der Waals surface area contributed by atoms with Crippen LogP contribution in [0.5, 0.6) is 0 Å². The third kappa shape index (κ3) is 6.14. The second-order valence-corrected chi connectivity index (χ2v) is 12.2. The molecule has 13 heteroatoms. The molecule has 0 atom stereocenters. The summed E-state index contributed by atoms with van der Waals surface area (Å²) in [5, 5.41) is 9.12. The van der Waals surface area contributed by atoms with Crippen LogP contribution < -0.4 is 0 Å². The molecule has 0 radical (unpaired) electrons. The van der Waals surface area contributed by atoms with Crippen LogP contribution in [0.1, 0.15) is 24.0 Å². The predicted molar refractivity (Wildman–Crippen MR) is 127 cm³/mol. The van der Waals surface area contributed by atoms with Crippen LogP contribution in [0.15, 0.2) is 81.2 Å². The number of alkyl halides is 2. The monoisotopic (exact) mass is 591 g/mol.